The van der Waals surface area contributed by atoms with E-state index in [9.17, 15) is 13.2 Å². The van der Waals surface area contributed by atoms with Crippen molar-refractivity contribution in [2.24, 2.45) is 0 Å². The molecule has 1 aromatic rings. The van der Waals surface area contributed by atoms with Gasteiger partial charge in [-0.15, -0.1) is 18.7 Å². The maximum absolute atomic E-state index is 12.1. The van der Waals surface area contributed by atoms with Gasteiger partial charge in [-0.1, -0.05) is 25.6 Å². The van der Waals surface area contributed by atoms with Crippen LogP contribution in [0, 0.1) is 18.4 Å². The number of ether oxygens (including phenoxy) is 1. The second kappa shape index (κ2) is 5.17. The summed E-state index contributed by atoms with van der Waals surface area (Å²) >= 11 is 0. The van der Waals surface area contributed by atoms with Crippen LogP contribution in [0.1, 0.15) is 11.1 Å². The molecular weight excluding hydrogens is 271 g/mol. The van der Waals surface area contributed by atoms with Gasteiger partial charge in [0, 0.05) is 6.07 Å². The zero-order chi connectivity index (χ0) is 14.8. The molecule has 1 aromatic carbocycles. The number of nitrogens with two attached hydrogens (primary N) is 1. The van der Waals surface area contributed by atoms with E-state index < -0.39 is 14.4 Å². The molecule has 0 atom stereocenters. The van der Waals surface area contributed by atoms with Gasteiger partial charge in [0.25, 0.3) is 0 Å². The maximum atomic E-state index is 12.1. The summed E-state index contributed by atoms with van der Waals surface area (Å²) in [7, 11) is -1.57. The summed E-state index contributed by atoms with van der Waals surface area (Å²) in [6.07, 6.45) is -4.72. The predicted molar refractivity (Wildman–Crippen MR) is 72.5 cm³/mol. The summed E-state index contributed by atoms with van der Waals surface area (Å²) in [4.78, 5) is 0. The SMILES string of the molecule is Cc1cc(OC(F)(F)F)cc(N)c1C#C[Si](C)(C)C. The largest absolute Gasteiger partial charge is 0.573 e. The highest BCUT2D eigenvalue weighted by atomic mass is 28.3. The van der Waals surface area contributed by atoms with Gasteiger partial charge in [0.05, 0.1) is 11.3 Å². The van der Waals surface area contributed by atoms with Crippen LogP contribution < -0.4 is 10.5 Å². The van der Waals surface area contributed by atoms with Gasteiger partial charge in [-0.2, -0.15) is 0 Å². The summed E-state index contributed by atoms with van der Waals surface area (Å²) in [5, 5.41) is 0. The molecule has 0 saturated heterocycles. The van der Waals surface area contributed by atoms with E-state index in [4.69, 9.17) is 5.73 Å². The highest BCUT2D eigenvalue weighted by molar-refractivity contribution is 6.83. The fraction of sp³-hybridized carbons (Fsp3) is 0.385. The maximum Gasteiger partial charge on any atom is 0.573 e. The van der Waals surface area contributed by atoms with E-state index >= 15 is 0 Å². The number of hydrogen-bond acceptors (Lipinski definition) is 2. The Labute approximate surface area is 111 Å². The van der Waals surface area contributed by atoms with Crippen molar-refractivity contribution in [2.45, 2.75) is 32.9 Å². The van der Waals surface area contributed by atoms with Crippen LogP contribution in [-0.2, 0) is 0 Å². The fourth-order valence-electron chi connectivity index (χ4n) is 1.39. The number of alkyl halides is 3. The Balaban J connectivity index is 3.14. The van der Waals surface area contributed by atoms with Gasteiger partial charge in [-0.3, -0.25) is 0 Å². The average molecular weight is 287 g/mol. The molecule has 2 N–H and O–H groups in total. The molecule has 0 aliphatic heterocycles. The van der Waals surface area contributed by atoms with Gasteiger partial charge in [0.15, 0.2) is 0 Å². The quantitative estimate of drug-likeness (QED) is 0.485. The monoisotopic (exact) mass is 287 g/mol. The standard InChI is InChI=1S/C13H16F3NOSi/c1-9-7-10(18-13(14,15)16)8-12(17)11(9)5-6-19(2,3)4/h7-8H,17H2,1-4H3. The van der Waals surface area contributed by atoms with E-state index in [-0.39, 0.29) is 11.4 Å². The Morgan fingerprint density at radius 1 is 1.21 bits per heavy atom. The Bertz CT molecular complexity index is 513. The Morgan fingerprint density at radius 3 is 2.21 bits per heavy atom. The summed E-state index contributed by atoms with van der Waals surface area (Å²) < 4.78 is 40.2. The molecule has 0 bridgehead atoms. The van der Waals surface area contributed by atoms with Crippen molar-refractivity contribution < 1.29 is 17.9 Å². The first-order valence-electron chi connectivity index (χ1n) is 5.67. The highest BCUT2D eigenvalue weighted by Gasteiger charge is 2.31. The molecule has 104 valence electrons. The van der Waals surface area contributed by atoms with Crippen molar-refractivity contribution in [1.82, 2.24) is 0 Å². The van der Waals surface area contributed by atoms with Gasteiger partial charge in [0.1, 0.15) is 13.8 Å². The lowest BCUT2D eigenvalue weighted by Crippen LogP contribution is -2.17. The van der Waals surface area contributed by atoms with Gasteiger partial charge < -0.3 is 10.5 Å². The molecular formula is C13H16F3NOSi. The third-order valence-electron chi connectivity index (χ3n) is 2.14. The van der Waals surface area contributed by atoms with Crippen LogP contribution >= 0.6 is 0 Å². The van der Waals surface area contributed by atoms with E-state index in [0.29, 0.717) is 11.1 Å². The van der Waals surface area contributed by atoms with Crippen molar-refractivity contribution in [3.05, 3.63) is 23.3 Å². The first-order chi connectivity index (χ1) is 8.48. The van der Waals surface area contributed by atoms with Gasteiger partial charge in [-0.05, 0) is 18.6 Å². The first-order valence-corrected chi connectivity index (χ1v) is 9.17. The molecule has 0 amide bonds. The second-order valence-electron chi connectivity index (χ2n) is 5.25. The zero-order valence-electron chi connectivity index (χ0n) is 11.3. The molecule has 0 unspecified atom stereocenters. The molecule has 0 aliphatic carbocycles. The molecule has 6 heteroatoms. The number of rotatable bonds is 1. The van der Waals surface area contributed by atoms with E-state index in [1.165, 1.54) is 6.07 Å². The summed E-state index contributed by atoms with van der Waals surface area (Å²) in [6.45, 7) is 7.89. The molecule has 0 saturated carbocycles. The predicted octanol–water partition coefficient (Wildman–Crippen LogP) is 3.70. The van der Waals surface area contributed by atoms with E-state index in [1.54, 1.807) is 6.92 Å². The van der Waals surface area contributed by atoms with Crippen LogP contribution in [0.3, 0.4) is 0 Å². The molecule has 0 radical (unpaired) electrons. The first kappa shape index (κ1) is 15.4. The number of nitrogen functional groups attached to an aromatic ring is 1. The normalized spacial score (nSPS) is 11.7. The van der Waals surface area contributed by atoms with Crippen LogP contribution in [0.2, 0.25) is 19.6 Å². The highest BCUT2D eigenvalue weighted by Crippen LogP contribution is 2.28. The molecule has 2 nitrogen and oxygen atoms in total. The Kier molecular flexibility index (Phi) is 4.20. The topological polar surface area (TPSA) is 35.2 Å². The molecule has 0 spiro atoms. The zero-order valence-corrected chi connectivity index (χ0v) is 12.3. The third-order valence-corrected chi connectivity index (χ3v) is 3.01. The number of halogens is 3. The van der Waals surface area contributed by atoms with Crippen molar-refractivity contribution in [3.63, 3.8) is 0 Å². The number of hydrogen-bond donors (Lipinski definition) is 1. The summed E-state index contributed by atoms with van der Waals surface area (Å²) in [5.74, 6) is 2.64. The molecule has 0 aliphatic rings. The van der Waals surface area contributed by atoms with Crippen molar-refractivity contribution in [1.29, 1.82) is 0 Å². The fourth-order valence-corrected chi connectivity index (χ4v) is 1.89. The Hall–Kier alpha value is -1.61. The van der Waals surface area contributed by atoms with Crippen LogP contribution in [0.15, 0.2) is 12.1 Å². The van der Waals surface area contributed by atoms with Crippen LogP contribution in [0.25, 0.3) is 0 Å². The number of anilines is 1. The van der Waals surface area contributed by atoms with E-state index in [1.807, 2.05) is 0 Å². The van der Waals surface area contributed by atoms with Crippen LogP contribution in [-0.4, -0.2) is 14.4 Å². The van der Waals surface area contributed by atoms with E-state index in [0.717, 1.165) is 6.07 Å². The van der Waals surface area contributed by atoms with Gasteiger partial charge in [0.2, 0.25) is 0 Å². The molecule has 0 aromatic heterocycles. The minimum absolute atomic E-state index is 0.199. The third kappa shape index (κ3) is 5.26. The molecule has 1 rings (SSSR count). The summed E-state index contributed by atoms with van der Waals surface area (Å²) in [5.41, 5.74) is 10.2. The van der Waals surface area contributed by atoms with Gasteiger partial charge in [-0.25, -0.2) is 0 Å². The van der Waals surface area contributed by atoms with Crippen LogP contribution in [0.4, 0.5) is 18.9 Å². The lowest BCUT2D eigenvalue weighted by atomic mass is 10.1. The second-order valence-corrected chi connectivity index (χ2v) is 10.0. The van der Waals surface area contributed by atoms with E-state index in [2.05, 4.69) is 35.8 Å². The number of benzene rings is 1. The lowest BCUT2D eigenvalue weighted by Gasteiger charge is -2.12. The van der Waals surface area contributed by atoms with Crippen LogP contribution in [0.5, 0.6) is 5.75 Å². The minimum Gasteiger partial charge on any atom is -0.406 e. The molecule has 0 heterocycles. The smallest absolute Gasteiger partial charge is 0.406 e. The molecule has 0 fully saturated rings. The minimum atomic E-state index is -4.72. The van der Waals surface area contributed by atoms with Crippen molar-refractivity contribution in [2.75, 3.05) is 5.73 Å². The average Bonchev–Trinajstić information content (AvgIpc) is 2.10. The van der Waals surface area contributed by atoms with Gasteiger partial charge >= 0.3 is 6.36 Å². The lowest BCUT2D eigenvalue weighted by molar-refractivity contribution is -0.274. The van der Waals surface area contributed by atoms with Crippen molar-refractivity contribution >= 4 is 13.8 Å². The number of aryl methyl sites for hydroxylation is 1. The molecule has 19 heavy (non-hydrogen) atoms. The summed E-state index contributed by atoms with van der Waals surface area (Å²) in [6, 6.07) is 2.44. The van der Waals surface area contributed by atoms with Crippen molar-refractivity contribution in [3.8, 4) is 17.2 Å². The Morgan fingerprint density at radius 2 is 1.79 bits per heavy atom.